The van der Waals surface area contributed by atoms with Crippen LogP contribution in [0.25, 0.3) is 11.0 Å². The van der Waals surface area contributed by atoms with E-state index >= 15 is 0 Å². The van der Waals surface area contributed by atoms with Crippen LogP contribution in [0.1, 0.15) is 12.0 Å². The van der Waals surface area contributed by atoms with Gasteiger partial charge in [0.05, 0.1) is 17.1 Å². The molecule has 3 aromatic rings. The van der Waals surface area contributed by atoms with Crippen molar-refractivity contribution in [1.82, 2.24) is 19.9 Å². The highest BCUT2D eigenvalue weighted by atomic mass is 35.5. The van der Waals surface area contributed by atoms with Crippen LogP contribution in [0.2, 0.25) is 5.02 Å². The fourth-order valence-corrected chi connectivity index (χ4v) is 3.33. The van der Waals surface area contributed by atoms with Gasteiger partial charge >= 0.3 is 0 Å². The Morgan fingerprint density at radius 3 is 3.00 bits per heavy atom. The molecule has 1 fully saturated rings. The van der Waals surface area contributed by atoms with Crippen molar-refractivity contribution >= 4 is 28.5 Å². The zero-order chi connectivity index (χ0) is 21.1. The summed E-state index contributed by atoms with van der Waals surface area (Å²) < 4.78 is 11.9. The lowest BCUT2D eigenvalue weighted by molar-refractivity contribution is -0.125. The first kappa shape index (κ1) is 19.7. The summed E-state index contributed by atoms with van der Waals surface area (Å²) in [5.74, 6) is 3.56. The molecule has 30 heavy (non-hydrogen) atoms. The van der Waals surface area contributed by atoms with Crippen LogP contribution in [-0.2, 0) is 4.79 Å². The number of rotatable bonds is 5. The van der Waals surface area contributed by atoms with E-state index in [2.05, 4.69) is 27.5 Å². The summed E-state index contributed by atoms with van der Waals surface area (Å²) in [5.41, 5.74) is 1.57. The molecule has 0 unspecified atom stereocenters. The second-order valence-corrected chi connectivity index (χ2v) is 7.01. The number of likely N-dealkylation sites (tertiary alicyclic amines) is 1. The molecule has 1 amide bonds. The molecule has 1 aromatic carbocycles. The normalized spacial score (nSPS) is 15.6. The molecule has 0 spiro atoms. The second-order valence-electron chi connectivity index (χ2n) is 6.60. The van der Waals surface area contributed by atoms with E-state index < -0.39 is 0 Å². The third-order valence-corrected chi connectivity index (χ3v) is 4.98. The first-order chi connectivity index (χ1) is 14.6. The van der Waals surface area contributed by atoms with Crippen molar-refractivity contribution in [3.63, 3.8) is 0 Å². The van der Waals surface area contributed by atoms with Crippen molar-refractivity contribution in [2.45, 2.75) is 12.5 Å². The number of nitrogens with zero attached hydrogens (tertiary/aromatic N) is 4. The molecule has 0 N–H and O–H groups in total. The van der Waals surface area contributed by atoms with Crippen LogP contribution in [0.3, 0.4) is 0 Å². The van der Waals surface area contributed by atoms with Gasteiger partial charge in [-0.05, 0) is 30.3 Å². The van der Waals surface area contributed by atoms with Gasteiger partial charge in [0.2, 0.25) is 17.7 Å². The standard InChI is InChI=1S/C22H17ClN4O3/c1-3-14-11-15(5-6-17(14)23)30-22-21-18(24-13-25-22)7-8-19(26-21)29-16-9-10-27(12-16)20(28)4-2/h1,4-8,11,13,16H,2,9-10,12H2/t16-/m0/s1. The second kappa shape index (κ2) is 8.39. The summed E-state index contributed by atoms with van der Waals surface area (Å²) in [6.45, 7) is 4.62. The fraction of sp³-hybridized carbons (Fsp3) is 0.182. The van der Waals surface area contributed by atoms with E-state index in [4.69, 9.17) is 27.5 Å². The number of halogens is 1. The zero-order valence-corrected chi connectivity index (χ0v) is 16.7. The van der Waals surface area contributed by atoms with Crippen LogP contribution in [-0.4, -0.2) is 45.0 Å². The average molecular weight is 421 g/mol. The first-order valence-corrected chi connectivity index (χ1v) is 9.59. The predicted octanol–water partition coefficient (Wildman–Crippen LogP) is 3.62. The quantitative estimate of drug-likeness (QED) is 0.463. The van der Waals surface area contributed by atoms with Gasteiger partial charge in [0, 0.05) is 24.6 Å². The van der Waals surface area contributed by atoms with Gasteiger partial charge in [-0.15, -0.1) is 6.42 Å². The molecule has 8 heteroatoms. The Morgan fingerprint density at radius 2 is 2.20 bits per heavy atom. The maximum atomic E-state index is 11.8. The third-order valence-electron chi connectivity index (χ3n) is 4.65. The number of pyridine rings is 1. The molecular formula is C22H17ClN4O3. The lowest BCUT2D eigenvalue weighted by atomic mass is 10.2. The van der Waals surface area contributed by atoms with E-state index in [1.54, 1.807) is 35.2 Å². The zero-order valence-electron chi connectivity index (χ0n) is 15.9. The average Bonchev–Trinajstić information content (AvgIpc) is 3.23. The van der Waals surface area contributed by atoms with Gasteiger partial charge in [0.1, 0.15) is 18.2 Å². The van der Waals surface area contributed by atoms with Gasteiger partial charge in [-0.1, -0.05) is 24.1 Å². The van der Waals surface area contributed by atoms with Gasteiger partial charge in [0.25, 0.3) is 0 Å². The number of terminal acetylenes is 1. The highest BCUT2D eigenvalue weighted by Gasteiger charge is 2.26. The van der Waals surface area contributed by atoms with Crippen LogP contribution in [0.4, 0.5) is 0 Å². The van der Waals surface area contributed by atoms with Crippen LogP contribution >= 0.6 is 11.6 Å². The summed E-state index contributed by atoms with van der Waals surface area (Å²) in [6.07, 6.45) is 8.73. The Hall–Kier alpha value is -3.63. The van der Waals surface area contributed by atoms with E-state index in [1.165, 1.54) is 12.4 Å². The maximum Gasteiger partial charge on any atom is 0.249 e. The molecule has 0 bridgehead atoms. The highest BCUT2D eigenvalue weighted by Crippen LogP contribution is 2.29. The Bertz CT molecular complexity index is 1170. The number of benzene rings is 1. The molecule has 150 valence electrons. The minimum atomic E-state index is -0.151. The summed E-state index contributed by atoms with van der Waals surface area (Å²) in [6, 6.07) is 8.52. The number of carbonyl (C=O) groups is 1. The largest absolute Gasteiger partial charge is 0.472 e. The molecule has 2 aromatic heterocycles. The van der Waals surface area contributed by atoms with Crippen LogP contribution in [0.5, 0.6) is 17.5 Å². The smallest absolute Gasteiger partial charge is 0.249 e. The summed E-state index contributed by atoms with van der Waals surface area (Å²) in [7, 11) is 0. The summed E-state index contributed by atoms with van der Waals surface area (Å²) >= 11 is 6.05. The van der Waals surface area contributed by atoms with E-state index in [0.29, 0.717) is 52.8 Å². The van der Waals surface area contributed by atoms with Crippen molar-refractivity contribution in [3.8, 4) is 29.9 Å². The van der Waals surface area contributed by atoms with Crippen LogP contribution in [0.15, 0.2) is 49.3 Å². The molecule has 1 aliphatic heterocycles. The Balaban J connectivity index is 1.58. The van der Waals surface area contributed by atoms with Gasteiger partial charge < -0.3 is 14.4 Å². The molecule has 1 aliphatic rings. The number of ether oxygens (including phenoxy) is 2. The van der Waals surface area contributed by atoms with Gasteiger partial charge in [-0.3, -0.25) is 4.79 Å². The lowest BCUT2D eigenvalue weighted by Crippen LogP contribution is -2.29. The van der Waals surface area contributed by atoms with Crippen molar-refractivity contribution in [2.75, 3.05) is 13.1 Å². The third kappa shape index (κ3) is 4.04. The van der Waals surface area contributed by atoms with Crippen molar-refractivity contribution < 1.29 is 14.3 Å². The van der Waals surface area contributed by atoms with Crippen molar-refractivity contribution in [3.05, 3.63) is 59.9 Å². The van der Waals surface area contributed by atoms with E-state index in [-0.39, 0.29) is 17.9 Å². The number of hydrogen-bond acceptors (Lipinski definition) is 6. The van der Waals surface area contributed by atoms with E-state index in [0.717, 1.165) is 0 Å². The fourth-order valence-electron chi connectivity index (χ4n) is 3.15. The predicted molar refractivity (Wildman–Crippen MR) is 113 cm³/mol. The molecule has 0 saturated carbocycles. The Labute approximate surface area is 178 Å². The number of aromatic nitrogens is 3. The topological polar surface area (TPSA) is 77.4 Å². The lowest BCUT2D eigenvalue weighted by Gasteiger charge is -2.15. The highest BCUT2D eigenvalue weighted by molar-refractivity contribution is 6.31. The van der Waals surface area contributed by atoms with E-state index in [1.807, 2.05) is 0 Å². The van der Waals surface area contributed by atoms with Gasteiger partial charge in [0.15, 0.2) is 5.52 Å². The molecule has 0 radical (unpaired) electrons. The van der Waals surface area contributed by atoms with Crippen LogP contribution < -0.4 is 9.47 Å². The molecule has 1 atom stereocenters. The molecule has 4 rings (SSSR count). The minimum Gasteiger partial charge on any atom is -0.472 e. The van der Waals surface area contributed by atoms with Gasteiger partial charge in [-0.2, -0.15) is 4.98 Å². The van der Waals surface area contributed by atoms with Crippen LogP contribution in [0, 0.1) is 12.3 Å². The maximum absolute atomic E-state index is 11.8. The monoisotopic (exact) mass is 420 g/mol. The Kier molecular flexibility index (Phi) is 5.50. The minimum absolute atomic E-state index is 0.106. The van der Waals surface area contributed by atoms with Crippen molar-refractivity contribution in [2.24, 2.45) is 0 Å². The molecule has 7 nitrogen and oxygen atoms in total. The SMILES string of the molecule is C#Cc1cc(Oc2ncnc3ccc(O[C@H]4CCN(C(=O)C=C)C4)nc23)ccc1Cl. The van der Waals surface area contributed by atoms with Crippen molar-refractivity contribution in [1.29, 1.82) is 0 Å². The molecule has 0 aliphatic carbocycles. The molecule has 1 saturated heterocycles. The summed E-state index contributed by atoms with van der Waals surface area (Å²) in [4.78, 5) is 26.4. The number of hydrogen-bond donors (Lipinski definition) is 0. The first-order valence-electron chi connectivity index (χ1n) is 9.21. The number of carbonyl (C=O) groups excluding carboxylic acids is 1. The Morgan fingerprint density at radius 1 is 1.33 bits per heavy atom. The van der Waals surface area contributed by atoms with E-state index in [9.17, 15) is 4.79 Å². The molecule has 3 heterocycles. The summed E-state index contributed by atoms with van der Waals surface area (Å²) in [5, 5.41) is 0.465. The number of fused-ring (bicyclic) bond motifs is 1. The van der Waals surface area contributed by atoms with Gasteiger partial charge in [-0.25, -0.2) is 9.97 Å². The number of amides is 1. The molecular weight excluding hydrogens is 404 g/mol.